The van der Waals surface area contributed by atoms with Crippen LogP contribution in [0, 0.1) is 5.82 Å². The molecule has 0 aliphatic rings. The third-order valence-electron chi connectivity index (χ3n) is 3.32. The standard InChI is InChI=1S/C18H17FN2O4/c1-20-18(24)21-17(23)16(13-5-3-2-4-6-13)25-15(22)11-12-7-9-14(19)10-8-12/h2-10,16H,11H2,1H3,(H2,20,21,23,24)/t16-/m1/s1. The molecule has 0 aliphatic carbocycles. The van der Waals surface area contributed by atoms with Crippen molar-refractivity contribution in [2.75, 3.05) is 7.05 Å². The van der Waals surface area contributed by atoms with Gasteiger partial charge in [-0.1, -0.05) is 42.5 Å². The quantitative estimate of drug-likeness (QED) is 0.814. The lowest BCUT2D eigenvalue weighted by atomic mass is 10.1. The Morgan fingerprint density at radius 3 is 2.28 bits per heavy atom. The first-order chi connectivity index (χ1) is 12.0. The van der Waals surface area contributed by atoms with Crippen LogP contribution in [0.1, 0.15) is 17.2 Å². The summed E-state index contributed by atoms with van der Waals surface area (Å²) in [6.45, 7) is 0. The van der Waals surface area contributed by atoms with Gasteiger partial charge >= 0.3 is 12.0 Å². The molecule has 2 aromatic carbocycles. The fourth-order valence-electron chi connectivity index (χ4n) is 2.08. The number of imide groups is 1. The van der Waals surface area contributed by atoms with E-state index in [0.29, 0.717) is 11.1 Å². The molecule has 0 radical (unpaired) electrons. The van der Waals surface area contributed by atoms with Gasteiger partial charge < -0.3 is 10.1 Å². The molecule has 0 fully saturated rings. The average Bonchev–Trinajstić information content (AvgIpc) is 2.62. The Balaban J connectivity index is 2.12. The number of urea groups is 1. The van der Waals surface area contributed by atoms with Gasteiger partial charge in [0.2, 0.25) is 6.10 Å². The van der Waals surface area contributed by atoms with E-state index in [2.05, 4.69) is 10.6 Å². The molecule has 2 rings (SSSR count). The SMILES string of the molecule is CNC(=O)NC(=O)[C@H](OC(=O)Cc1ccc(F)cc1)c1ccccc1. The molecule has 25 heavy (non-hydrogen) atoms. The van der Waals surface area contributed by atoms with Gasteiger partial charge in [-0.3, -0.25) is 14.9 Å². The van der Waals surface area contributed by atoms with Gasteiger partial charge in [-0.05, 0) is 17.7 Å². The Bertz CT molecular complexity index is 747. The monoisotopic (exact) mass is 344 g/mol. The van der Waals surface area contributed by atoms with Crippen LogP contribution in [-0.2, 0) is 20.7 Å². The summed E-state index contributed by atoms with van der Waals surface area (Å²) >= 11 is 0. The highest BCUT2D eigenvalue weighted by Crippen LogP contribution is 2.18. The molecular weight excluding hydrogens is 327 g/mol. The van der Waals surface area contributed by atoms with E-state index in [9.17, 15) is 18.8 Å². The predicted octanol–water partition coefficient (Wildman–Crippen LogP) is 2.11. The van der Waals surface area contributed by atoms with Crippen molar-refractivity contribution in [3.05, 3.63) is 71.5 Å². The number of hydrogen-bond acceptors (Lipinski definition) is 4. The molecule has 1 atom stereocenters. The van der Waals surface area contributed by atoms with Gasteiger partial charge in [0.05, 0.1) is 6.42 Å². The number of benzene rings is 2. The van der Waals surface area contributed by atoms with E-state index < -0.39 is 29.8 Å². The minimum absolute atomic E-state index is 0.128. The predicted molar refractivity (Wildman–Crippen MR) is 88.0 cm³/mol. The van der Waals surface area contributed by atoms with Gasteiger partial charge in [0.15, 0.2) is 0 Å². The van der Waals surface area contributed by atoms with Gasteiger partial charge in [-0.2, -0.15) is 0 Å². The molecule has 7 heteroatoms. The largest absolute Gasteiger partial charge is 0.447 e. The highest BCUT2D eigenvalue weighted by atomic mass is 19.1. The van der Waals surface area contributed by atoms with E-state index in [-0.39, 0.29) is 6.42 Å². The molecule has 3 amide bonds. The van der Waals surface area contributed by atoms with Crippen molar-refractivity contribution >= 4 is 17.9 Å². The Kier molecular flexibility index (Phi) is 6.22. The van der Waals surface area contributed by atoms with E-state index >= 15 is 0 Å². The van der Waals surface area contributed by atoms with Crippen LogP contribution in [0.15, 0.2) is 54.6 Å². The summed E-state index contributed by atoms with van der Waals surface area (Å²) in [5, 5.41) is 4.34. The van der Waals surface area contributed by atoms with Crippen LogP contribution in [0.2, 0.25) is 0 Å². The highest BCUT2D eigenvalue weighted by Gasteiger charge is 2.26. The van der Waals surface area contributed by atoms with Crippen molar-refractivity contribution in [2.24, 2.45) is 0 Å². The molecule has 0 aliphatic heterocycles. The Labute approximate surface area is 144 Å². The molecule has 0 spiro atoms. The summed E-state index contributed by atoms with van der Waals surface area (Å²) in [6.07, 6.45) is -1.40. The Hall–Kier alpha value is -3.22. The van der Waals surface area contributed by atoms with E-state index in [4.69, 9.17) is 4.74 Å². The number of nitrogens with one attached hydrogen (secondary N) is 2. The number of rotatable bonds is 5. The van der Waals surface area contributed by atoms with E-state index in [1.807, 2.05) is 0 Å². The fourth-order valence-corrected chi connectivity index (χ4v) is 2.08. The third-order valence-corrected chi connectivity index (χ3v) is 3.32. The van der Waals surface area contributed by atoms with E-state index in [1.165, 1.54) is 31.3 Å². The minimum atomic E-state index is -1.27. The Morgan fingerprint density at radius 1 is 1.04 bits per heavy atom. The maximum Gasteiger partial charge on any atom is 0.321 e. The van der Waals surface area contributed by atoms with Gasteiger partial charge in [0, 0.05) is 12.6 Å². The van der Waals surface area contributed by atoms with E-state index in [0.717, 1.165) is 0 Å². The number of ether oxygens (including phenoxy) is 1. The molecule has 130 valence electrons. The maximum atomic E-state index is 12.9. The lowest BCUT2D eigenvalue weighted by molar-refractivity contribution is -0.155. The number of carbonyl (C=O) groups excluding carboxylic acids is 3. The van der Waals surface area contributed by atoms with Crippen LogP contribution in [0.4, 0.5) is 9.18 Å². The van der Waals surface area contributed by atoms with Crippen LogP contribution in [0.3, 0.4) is 0 Å². The third kappa shape index (κ3) is 5.42. The van der Waals surface area contributed by atoms with Crippen molar-refractivity contribution in [2.45, 2.75) is 12.5 Å². The summed E-state index contributed by atoms with van der Waals surface area (Å²) in [6, 6.07) is 13.0. The van der Waals surface area contributed by atoms with Gasteiger partial charge in [0.1, 0.15) is 5.82 Å². The second kappa shape index (κ2) is 8.58. The van der Waals surface area contributed by atoms with Crippen LogP contribution >= 0.6 is 0 Å². The van der Waals surface area contributed by atoms with E-state index in [1.54, 1.807) is 30.3 Å². The topological polar surface area (TPSA) is 84.5 Å². The Morgan fingerprint density at radius 2 is 1.68 bits per heavy atom. The lowest BCUT2D eigenvalue weighted by Gasteiger charge is -2.17. The zero-order chi connectivity index (χ0) is 18.2. The van der Waals surface area contributed by atoms with Crippen LogP contribution in [-0.4, -0.2) is 25.0 Å². The summed E-state index contributed by atoms with van der Waals surface area (Å²) < 4.78 is 18.2. The molecule has 6 nitrogen and oxygen atoms in total. The van der Waals surface area contributed by atoms with Crippen LogP contribution in [0.5, 0.6) is 0 Å². The average molecular weight is 344 g/mol. The van der Waals surface area contributed by atoms with Crippen LogP contribution < -0.4 is 10.6 Å². The van der Waals surface area contributed by atoms with Gasteiger partial charge in [-0.15, -0.1) is 0 Å². The fraction of sp³-hybridized carbons (Fsp3) is 0.167. The minimum Gasteiger partial charge on any atom is -0.447 e. The summed E-state index contributed by atoms with van der Waals surface area (Å²) in [7, 11) is 1.36. The van der Waals surface area contributed by atoms with Crippen molar-refractivity contribution in [1.29, 1.82) is 0 Å². The first-order valence-corrected chi connectivity index (χ1v) is 7.51. The number of amides is 3. The highest BCUT2D eigenvalue weighted by molar-refractivity contribution is 5.97. The second-order valence-electron chi connectivity index (χ2n) is 5.15. The first-order valence-electron chi connectivity index (χ1n) is 7.51. The summed E-state index contributed by atoms with van der Waals surface area (Å²) in [5.74, 6) is -1.85. The summed E-state index contributed by atoms with van der Waals surface area (Å²) in [5.41, 5.74) is 0.973. The summed E-state index contributed by atoms with van der Waals surface area (Å²) in [4.78, 5) is 35.7. The zero-order valence-electron chi connectivity index (χ0n) is 13.5. The zero-order valence-corrected chi connectivity index (χ0v) is 13.5. The molecular formula is C18H17FN2O4. The van der Waals surface area contributed by atoms with Gasteiger partial charge in [0.25, 0.3) is 5.91 Å². The molecule has 2 aromatic rings. The molecule has 2 N–H and O–H groups in total. The van der Waals surface area contributed by atoms with Crippen molar-refractivity contribution in [3.63, 3.8) is 0 Å². The number of esters is 1. The second-order valence-corrected chi connectivity index (χ2v) is 5.15. The van der Waals surface area contributed by atoms with Crippen LogP contribution in [0.25, 0.3) is 0 Å². The maximum absolute atomic E-state index is 12.9. The van der Waals surface area contributed by atoms with Crippen molar-refractivity contribution in [3.8, 4) is 0 Å². The first kappa shape index (κ1) is 18.1. The lowest BCUT2D eigenvalue weighted by Crippen LogP contribution is -2.41. The molecule has 0 bridgehead atoms. The number of carbonyl (C=O) groups is 3. The normalized spacial score (nSPS) is 11.3. The molecule has 0 unspecified atom stereocenters. The smallest absolute Gasteiger partial charge is 0.321 e. The number of hydrogen-bond donors (Lipinski definition) is 2. The van der Waals surface area contributed by atoms with Crippen molar-refractivity contribution in [1.82, 2.24) is 10.6 Å². The molecule has 0 aromatic heterocycles. The molecule has 0 saturated carbocycles. The molecule has 0 saturated heterocycles. The van der Waals surface area contributed by atoms with Gasteiger partial charge in [-0.25, -0.2) is 9.18 Å². The molecule has 0 heterocycles. The number of halogens is 1. The van der Waals surface area contributed by atoms with Crippen molar-refractivity contribution < 1.29 is 23.5 Å².